The second-order valence-electron chi connectivity index (χ2n) is 8.73. The first-order chi connectivity index (χ1) is 18.9. The van der Waals surface area contributed by atoms with Crippen molar-refractivity contribution in [3.05, 3.63) is 107 Å². The fourth-order valence-corrected chi connectivity index (χ4v) is 3.82. The van der Waals surface area contributed by atoms with Gasteiger partial charge in [0.1, 0.15) is 17.2 Å². The topological polar surface area (TPSA) is 97.0 Å². The minimum absolute atomic E-state index is 0.164. The summed E-state index contributed by atoms with van der Waals surface area (Å²) in [6.45, 7) is 2.55. The largest absolute Gasteiger partial charge is 0.375 e. The zero-order chi connectivity index (χ0) is 27.6. The molecule has 0 unspecified atom stereocenters. The number of nitrogens with one attached hydrogen (secondary N) is 2. The van der Waals surface area contributed by atoms with Crippen molar-refractivity contribution in [2.75, 3.05) is 31.2 Å². The Kier molecular flexibility index (Phi) is 9.49. The Morgan fingerprint density at radius 2 is 1.13 bits per heavy atom. The molecule has 0 aromatic heterocycles. The normalized spacial score (nSPS) is 13.2. The lowest BCUT2D eigenvalue weighted by molar-refractivity contribution is -0.123. The number of benzene rings is 3. The number of halogens is 2. The third-order valence-electron chi connectivity index (χ3n) is 5.89. The summed E-state index contributed by atoms with van der Waals surface area (Å²) in [4.78, 5) is 37.3. The molecule has 10 heteroatoms. The predicted octanol–water partition coefficient (Wildman–Crippen LogP) is 3.95. The van der Waals surface area contributed by atoms with E-state index in [-0.39, 0.29) is 17.2 Å². The molecule has 4 rings (SSSR count). The molecule has 0 atom stereocenters. The van der Waals surface area contributed by atoms with Crippen LogP contribution in [0.4, 0.5) is 19.3 Å². The van der Waals surface area contributed by atoms with Crippen molar-refractivity contribution in [1.29, 1.82) is 0 Å². The molecule has 1 saturated heterocycles. The van der Waals surface area contributed by atoms with Crippen LogP contribution in [0.5, 0.6) is 0 Å². The molecule has 0 bridgehead atoms. The van der Waals surface area contributed by atoms with Crippen molar-refractivity contribution >= 4 is 29.6 Å². The number of ether oxygens (including phenoxy) is 2. The van der Waals surface area contributed by atoms with Gasteiger partial charge >= 0.3 is 6.03 Å². The number of urea groups is 1. The third-order valence-corrected chi connectivity index (χ3v) is 5.89. The Morgan fingerprint density at radius 3 is 1.59 bits per heavy atom. The number of hydrogen-bond donors (Lipinski definition) is 2. The van der Waals surface area contributed by atoms with Gasteiger partial charge in [0.25, 0.3) is 11.8 Å². The predicted molar refractivity (Wildman–Crippen MR) is 140 cm³/mol. The fourth-order valence-electron chi connectivity index (χ4n) is 3.82. The Labute approximate surface area is 224 Å². The van der Waals surface area contributed by atoms with Crippen molar-refractivity contribution in [1.82, 2.24) is 10.6 Å². The lowest BCUT2D eigenvalue weighted by Crippen LogP contribution is -2.51. The molecule has 0 saturated carbocycles. The van der Waals surface area contributed by atoms with E-state index in [0.717, 1.165) is 16.8 Å². The quantitative estimate of drug-likeness (QED) is 0.207. The first-order valence-corrected chi connectivity index (χ1v) is 12.2. The zero-order valence-corrected chi connectivity index (χ0v) is 21.0. The van der Waals surface area contributed by atoms with Crippen molar-refractivity contribution in [2.45, 2.75) is 13.2 Å². The van der Waals surface area contributed by atoms with Crippen LogP contribution in [0, 0.1) is 11.6 Å². The maximum absolute atomic E-state index is 13.1. The minimum Gasteiger partial charge on any atom is -0.375 e. The second kappa shape index (κ2) is 13.4. The van der Waals surface area contributed by atoms with Gasteiger partial charge in [0, 0.05) is 18.8 Å². The van der Waals surface area contributed by atoms with E-state index in [9.17, 15) is 23.2 Å². The lowest BCUT2D eigenvalue weighted by Gasteiger charge is -2.25. The van der Waals surface area contributed by atoms with E-state index >= 15 is 0 Å². The molecule has 202 valence electrons. The summed E-state index contributed by atoms with van der Waals surface area (Å²) in [6.07, 6.45) is 1.41. The van der Waals surface area contributed by atoms with Gasteiger partial charge in [-0.15, -0.1) is 0 Å². The third kappa shape index (κ3) is 8.29. The molecule has 1 aliphatic heterocycles. The summed E-state index contributed by atoms with van der Waals surface area (Å²) in [5.41, 5.74) is 3.03. The molecular formula is C29H27F2N3O5. The van der Waals surface area contributed by atoms with Crippen LogP contribution in [-0.2, 0) is 32.3 Å². The maximum Gasteiger partial charge on any atom is 0.328 e. The summed E-state index contributed by atoms with van der Waals surface area (Å²) in [5, 5.41) is 4.09. The highest BCUT2D eigenvalue weighted by Gasteiger charge is 2.27. The van der Waals surface area contributed by atoms with Crippen molar-refractivity contribution in [3.63, 3.8) is 0 Å². The molecule has 3 aromatic rings. The van der Waals surface area contributed by atoms with Crippen LogP contribution < -0.4 is 15.5 Å². The van der Waals surface area contributed by atoms with Crippen molar-refractivity contribution in [3.8, 4) is 0 Å². The monoisotopic (exact) mass is 535 g/mol. The zero-order valence-electron chi connectivity index (χ0n) is 21.0. The summed E-state index contributed by atoms with van der Waals surface area (Å²) in [6, 6.07) is 18.6. The van der Waals surface area contributed by atoms with E-state index in [1.807, 2.05) is 22.8 Å². The Balaban J connectivity index is 1.37. The number of hydrogen-bond acceptors (Lipinski definition) is 6. The molecule has 3 aromatic carbocycles. The molecule has 4 amide bonds. The SMILES string of the molecule is O=C1NC(=O)C(=Cc2ccc(N(CCOCc3ccc(F)cc3)CCOCc3ccc(F)cc3)cc2)C(=O)N1. The van der Waals surface area contributed by atoms with E-state index in [4.69, 9.17) is 9.47 Å². The molecule has 8 nitrogen and oxygen atoms in total. The van der Waals surface area contributed by atoms with E-state index in [1.165, 1.54) is 30.3 Å². The van der Waals surface area contributed by atoms with E-state index in [0.29, 0.717) is 45.1 Å². The summed E-state index contributed by atoms with van der Waals surface area (Å²) >= 11 is 0. The molecule has 0 radical (unpaired) electrons. The van der Waals surface area contributed by atoms with E-state index < -0.39 is 17.8 Å². The van der Waals surface area contributed by atoms with Crippen LogP contribution >= 0.6 is 0 Å². The van der Waals surface area contributed by atoms with Crippen LogP contribution in [0.1, 0.15) is 16.7 Å². The van der Waals surface area contributed by atoms with Gasteiger partial charge < -0.3 is 14.4 Å². The van der Waals surface area contributed by atoms with Crippen LogP contribution in [0.25, 0.3) is 6.08 Å². The van der Waals surface area contributed by atoms with E-state index in [1.54, 1.807) is 36.4 Å². The summed E-state index contributed by atoms with van der Waals surface area (Å²) in [7, 11) is 0. The van der Waals surface area contributed by atoms with Gasteiger partial charge in [-0.25, -0.2) is 13.6 Å². The number of carbonyl (C=O) groups is 3. The lowest BCUT2D eigenvalue weighted by atomic mass is 10.1. The second-order valence-corrected chi connectivity index (χ2v) is 8.73. The average molecular weight is 536 g/mol. The fraction of sp³-hybridized carbons (Fsp3) is 0.207. The van der Waals surface area contributed by atoms with Crippen LogP contribution in [0.3, 0.4) is 0 Å². The molecule has 2 N–H and O–H groups in total. The number of amides is 4. The first kappa shape index (κ1) is 27.6. The molecule has 39 heavy (non-hydrogen) atoms. The van der Waals surface area contributed by atoms with Gasteiger partial charge in [-0.05, 0) is 59.2 Å². The molecule has 0 spiro atoms. The standard InChI is InChI=1S/C29H27F2N3O5/c30-23-7-1-21(2-8-23)18-38-15-13-34(14-16-39-19-22-3-9-24(31)10-4-22)25-11-5-20(6-12-25)17-26-27(35)32-29(37)33-28(26)36/h1-12,17H,13-16,18-19H2,(H2,32,33,35,36,37). The summed E-state index contributed by atoms with van der Waals surface area (Å²) in [5.74, 6) is -2.12. The van der Waals surface area contributed by atoms with Gasteiger partial charge in [-0.2, -0.15) is 0 Å². The van der Waals surface area contributed by atoms with Crippen molar-refractivity contribution < 1.29 is 32.6 Å². The Bertz CT molecular complexity index is 1250. The molecule has 1 aliphatic rings. The van der Waals surface area contributed by atoms with Gasteiger partial charge in [0.2, 0.25) is 0 Å². The van der Waals surface area contributed by atoms with Gasteiger partial charge in [0.15, 0.2) is 0 Å². The smallest absolute Gasteiger partial charge is 0.328 e. The number of barbiturate groups is 1. The van der Waals surface area contributed by atoms with E-state index in [2.05, 4.69) is 4.90 Å². The maximum atomic E-state index is 13.1. The number of imide groups is 2. The van der Waals surface area contributed by atoms with Gasteiger partial charge in [0.05, 0.1) is 26.4 Å². The van der Waals surface area contributed by atoms with Crippen molar-refractivity contribution in [2.24, 2.45) is 0 Å². The number of carbonyl (C=O) groups excluding carboxylic acids is 3. The minimum atomic E-state index is -0.851. The molecule has 1 fully saturated rings. The molecular weight excluding hydrogens is 508 g/mol. The highest BCUT2D eigenvalue weighted by atomic mass is 19.1. The number of anilines is 1. The molecule has 1 heterocycles. The van der Waals surface area contributed by atoms with Crippen LogP contribution in [0.15, 0.2) is 78.4 Å². The Hall–Kier alpha value is -4.41. The highest BCUT2D eigenvalue weighted by Crippen LogP contribution is 2.18. The average Bonchev–Trinajstić information content (AvgIpc) is 2.92. The molecule has 0 aliphatic carbocycles. The highest BCUT2D eigenvalue weighted by molar-refractivity contribution is 6.31. The summed E-state index contributed by atoms with van der Waals surface area (Å²) < 4.78 is 37.8. The number of rotatable bonds is 12. The van der Waals surface area contributed by atoms with Crippen LogP contribution in [-0.4, -0.2) is 44.1 Å². The van der Waals surface area contributed by atoms with Gasteiger partial charge in [-0.1, -0.05) is 36.4 Å². The first-order valence-electron chi connectivity index (χ1n) is 12.2. The van der Waals surface area contributed by atoms with Crippen LogP contribution in [0.2, 0.25) is 0 Å². The number of nitrogens with zero attached hydrogens (tertiary/aromatic N) is 1. The van der Waals surface area contributed by atoms with Gasteiger partial charge in [-0.3, -0.25) is 20.2 Å². The Morgan fingerprint density at radius 1 is 0.667 bits per heavy atom.